The number of carbonyl (C=O) groups excluding carboxylic acids is 3. The zero-order valence-corrected chi connectivity index (χ0v) is 41.1. The molecular weight excluding hydrogens is 917 g/mol. The Balaban J connectivity index is 1.50. The zero-order chi connectivity index (χ0) is 51.7. The van der Waals surface area contributed by atoms with E-state index in [2.05, 4.69) is 15.3 Å². The highest BCUT2D eigenvalue weighted by molar-refractivity contribution is 6.23. The molecule has 70 heavy (non-hydrogen) atoms. The van der Waals surface area contributed by atoms with Gasteiger partial charge in [-0.25, -0.2) is 0 Å². The van der Waals surface area contributed by atoms with E-state index in [1.807, 2.05) is 7.05 Å². The third kappa shape index (κ3) is 10.6. The summed E-state index contributed by atoms with van der Waals surface area (Å²) in [5, 5.41) is 98.4. The highest BCUT2D eigenvalue weighted by atomic mass is 16.7. The number of hydrogen-bond donors (Lipinski definition) is 9. The van der Waals surface area contributed by atoms with Gasteiger partial charge in [0.15, 0.2) is 12.0 Å². The Morgan fingerprint density at radius 1 is 0.900 bits per heavy atom. The van der Waals surface area contributed by atoms with Crippen molar-refractivity contribution >= 4 is 40.3 Å². The fraction of sp³-hybridized carbons (Fsp3) is 0.592. The molecule has 21 nitrogen and oxygen atoms in total. The number of aliphatic hydroxyl groups excluding tert-OH is 5. The number of methoxy groups -OCH3 is 1. The van der Waals surface area contributed by atoms with Crippen LogP contribution < -0.4 is 10.1 Å². The van der Waals surface area contributed by atoms with Crippen LogP contribution in [0.4, 0.5) is 5.69 Å². The highest BCUT2D eigenvalue weighted by Gasteiger charge is 2.51. The van der Waals surface area contributed by atoms with Crippen molar-refractivity contribution in [2.45, 2.75) is 116 Å². The van der Waals surface area contributed by atoms with Crippen molar-refractivity contribution in [2.75, 3.05) is 52.3 Å². The molecule has 0 aliphatic carbocycles. The van der Waals surface area contributed by atoms with E-state index in [1.165, 1.54) is 59.2 Å². The first-order valence-corrected chi connectivity index (χ1v) is 23.3. The van der Waals surface area contributed by atoms with Gasteiger partial charge in [0.05, 0.1) is 59.6 Å². The van der Waals surface area contributed by atoms with Gasteiger partial charge in [0.1, 0.15) is 47.8 Å². The summed E-state index contributed by atoms with van der Waals surface area (Å²) in [5.41, 5.74) is -0.609. The number of nitrogens with one attached hydrogen (secondary N) is 1. The Hall–Kier alpha value is -5.36. The fourth-order valence-corrected chi connectivity index (χ4v) is 9.49. The monoisotopic (exact) mass is 984 g/mol. The molecule has 7 rings (SSSR count). The lowest BCUT2D eigenvalue weighted by atomic mass is 9.78. The maximum Gasteiger partial charge on any atom is 0.312 e. The minimum atomic E-state index is -2.13. The average Bonchev–Trinajstić information content (AvgIpc) is 3.59. The number of esters is 1. The van der Waals surface area contributed by atoms with Crippen molar-refractivity contribution in [1.82, 2.24) is 9.91 Å². The van der Waals surface area contributed by atoms with Crippen LogP contribution in [0.3, 0.4) is 0 Å². The van der Waals surface area contributed by atoms with Gasteiger partial charge in [0.25, 0.3) is 11.7 Å². The minimum absolute atomic E-state index is 0.0114. The van der Waals surface area contributed by atoms with Crippen LogP contribution in [0, 0.1) is 30.6 Å². The molecule has 9 N–H and O–H groups in total. The summed E-state index contributed by atoms with van der Waals surface area (Å²) in [5.74, 6) is -9.53. The maximum absolute atomic E-state index is 14.6. The standard InChI is InChI=1S/C49H68N4O17/c1-22-12-11-13-23(2)47(64)51-35-29(20-50-53-17-15-52(9)16-18-53)38(58)32-33(40(35)60)37(57)26(5)45-34(32)46(63)49(8,70-45)66-19-14-30(65-10)24(3)43(67-28(7)55)27(6)44(25(4)36(22)56)69-48-42(62)41(61)39(59)31(21-54)68-48/h11-14,19-20,22,24-25,27,30-31,36,39,41-44,48,54,56-62H,15-18,21H2,1-10H3,(H,51,64)/b12-11-,19-14?,23-13-,50-20+/t22-,24+,25+,27-,30-,31+,36-,39+,41-,42+,43+,44+,48-,49-/m0/s1. The van der Waals surface area contributed by atoms with Crippen LogP contribution in [0.2, 0.25) is 0 Å². The zero-order valence-electron chi connectivity index (χ0n) is 41.1. The van der Waals surface area contributed by atoms with Crippen molar-refractivity contribution in [3.05, 3.63) is 52.8 Å². The van der Waals surface area contributed by atoms with Gasteiger partial charge in [-0.05, 0) is 27.0 Å². The first-order chi connectivity index (χ1) is 33.0. The molecule has 2 aromatic carbocycles. The highest BCUT2D eigenvalue weighted by Crippen LogP contribution is 2.55. The molecule has 5 aliphatic heterocycles. The maximum atomic E-state index is 14.6. The summed E-state index contributed by atoms with van der Waals surface area (Å²) < 4.78 is 36.2. The number of phenols is 3. The molecule has 2 aromatic rings. The summed E-state index contributed by atoms with van der Waals surface area (Å²) in [6, 6.07) is 0. The molecule has 14 atom stereocenters. The van der Waals surface area contributed by atoms with Crippen LogP contribution in [0.25, 0.3) is 10.8 Å². The van der Waals surface area contributed by atoms with Crippen LogP contribution in [-0.4, -0.2) is 182 Å². The molecule has 2 fully saturated rings. The molecule has 21 heteroatoms. The predicted octanol–water partition coefficient (Wildman–Crippen LogP) is 2.16. The van der Waals surface area contributed by atoms with Gasteiger partial charge in [-0.3, -0.25) is 19.4 Å². The smallest absolute Gasteiger partial charge is 0.312 e. The number of anilines is 1. The second-order valence-corrected chi connectivity index (χ2v) is 18.9. The van der Waals surface area contributed by atoms with Gasteiger partial charge in [-0.2, -0.15) is 5.10 Å². The van der Waals surface area contributed by atoms with Crippen LogP contribution >= 0.6 is 0 Å². The fourth-order valence-electron chi connectivity index (χ4n) is 9.49. The Morgan fingerprint density at radius 3 is 2.20 bits per heavy atom. The summed E-state index contributed by atoms with van der Waals surface area (Å²) in [6.07, 6.45) is -4.24. The number of piperazine rings is 1. The van der Waals surface area contributed by atoms with Crippen LogP contribution in [0.15, 0.2) is 41.2 Å². The number of ether oxygens (including phenoxy) is 6. The Morgan fingerprint density at radius 2 is 1.57 bits per heavy atom. The quantitative estimate of drug-likeness (QED) is 0.0831. The van der Waals surface area contributed by atoms with Crippen LogP contribution in [0.1, 0.15) is 70.0 Å². The van der Waals surface area contributed by atoms with Gasteiger partial charge in [-0.15, -0.1) is 0 Å². The number of amides is 1. The molecule has 0 spiro atoms. The summed E-state index contributed by atoms with van der Waals surface area (Å²) >= 11 is 0. The van der Waals surface area contributed by atoms with Gasteiger partial charge in [-0.1, -0.05) is 45.9 Å². The van der Waals surface area contributed by atoms with Crippen molar-refractivity contribution in [2.24, 2.45) is 28.8 Å². The molecule has 0 radical (unpaired) electrons. The average molecular weight is 985 g/mol. The second-order valence-electron chi connectivity index (χ2n) is 18.9. The SMILES string of the molecule is CO[C@H]1C=CO[C@@]2(C)Oc3c(C)c(O)c4c(O)c(c(/C=N/N5CCN(C)CC5)c(O)c4c3C2=O)NC(=O)/C(C)=C\C=C/[C@H](C)[C@H](O)[C@@H](C)[C@@H](O[C@@H]2O[C@H](CO)[C@@H](O)[C@H](O)[C@H]2O)[C@@H](C)[C@H](OC(C)=O)[C@@H]1C. The lowest BCUT2D eigenvalue weighted by molar-refractivity contribution is -0.323. The summed E-state index contributed by atoms with van der Waals surface area (Å²) in [6.45, 7) is 13.9. The summed E-state index contributed by atoms with van der Waals surface area (Å²) in [7, 11) is 3.35. The molecule has 2 saturated heterocycles. The number of hydrogen-bond acceptors (Lipinski definition) is 20. The Bertz CT molecular complexity index is 2400. The number of ketones is 1. The molecule has 5 heterocycles. The van der Waals surface area contributed by atoms with Crippen LogP contribution in [-0.2, 0) is 33.3 Å². The lowest BCUT2D eigenvalue weighted by Crippen LogP contribution is -2.61. The molecule has 0 saturated carbocycles. The second kappa shape index (κ2) is 22.0. The van der Waals surface area contributed by atoms with Gasteiger partial charge in [0, 0.05) is 87.3 Å². The van der Waals surface area contributed by atoms with E-state index >= 15 is 0 Å². The van der Waals surface area contributed by atoms with E-state index in [9.17, 15) is 55.2 Å². The number of carbonyl (C=O) groups is 3. The number of phenolic OH excluding ortho intramolecular Hbond substituents is 3. The Kier molecular flexibility index (Phi) is 16.9. The van der Waals surface area contributed by atoms with E-state index in [4.69, 9.17) is 28.4 Å². The van der Waals surface area contributed by atoms with E-state index in [1.54, 1.807) is 38.8 Å². The number of fused-ring (bicyclic) bond motifs is 14. The minimum Gasteiger partial charge on any atom is -0.507 e. The van der Waals surface area contributed by atoms with E-state index in [0.717, 1.165) is 6.26 Å². The number of likely N-dealkylation sites (N-methyl/N-ethyl adjacent to an activating group) is 1. The van der Waals surface area contributed by atoms with Gasteiger partial charge in [0.2, 0.25) is 0 Å². The molecule has 0 unspecified atom stereocenters. The van der Waals surface area contributed by atoms with Crippen molar-refractivity contribution in [3.8, 4) is 23.0 Å². The summed E-state index contributed by atoms with van der Waals surface area (Å²) in [4.78, 5) is 43.5. The Labute approximate surface area is 406 Å². The first-order valence-electron chi connectivity index (χ1n) is 23.3. The number of aromatic hydroxyl groups is 3. The van der Waals surface area contributed by atoms with Crippen LogP contribution in [0.5, 0.6) is 23.0 Å². The van der Waals surface area contributed by atoms with Gasteiger partial charge >= 0.3 is 11.8 Å². The first kappa shape index (κ1) is 54.0. The third-order valence-corrected chi connectivity index (χ3v) is 14.0. The normalized spacial score (nSPS) is 35.1. The molecule has 1 amide bonds. The number of nitrogens with zero attached hydrogens (tertiary/aromatic N) is 3. The molecular formula is C49H68N4O17. The number of hydrazone groups is 1. The van der Waals surface area contributed by atoms with Gasteiger partial charge < -0.3 is 79.5 Å². The third-order valence-electron chi connectivity index (χ3n) is 14.0. The predicted molar refractivity (Wildman–Crippen MR) is 253 cm³/mol. The molecule has 386 valence electrons. The van der Waals surface area contributed by atoms with Crippen molar-refractivity contribution in [1.29, 1.82) is 0 Å². The number of allylic oxidation sites excluding steroid dienone is 2. The largest absolute Gasteiger partial charge is 0.507 e. The molecule has 0 aromatic heterocycles. The molecule has 5 aliphatic rings. The van der Waals surface area contributed by atoms with E-state index < -0.39 is 126 Å². The number of Topliss-reactive ketones (excluding diaryl/α,β-unsaturated/α-hetero) is 1. The van der Waals surface area contributed by atoms with E-state index in [-0.39, 0.29) is 44.5 Å². The number of rotatable bonds is 7. The topological polar surface area (TPSA) is 299 Å². The van der Waals surface area contributed by atoms with Crippen molar-refractivity contribution in [3.63, 3.8) is 0 Å². The van der Waals surface area contributed by atoms with Crippen molar-refractivity contribution < 1.29 is 83.7 Å². The van der Waals surface area contributed by atoms with E-state index in [0.29, 0.717) is 26.2 Å². The number of benzene rings is 2. The lowest BCUT2D eigenvalue weighted by Gasteiger charge is -2.45. The molecule has 5 bridgehead atoms. The number of aliphatic hydroxyl groups is 5.